The first kappa shape index (κ1) is 24.8. The molecule has 4 rings (SSSR count). The van der Waals surface area contributed by atoms with Gasteiger partial charge in [-0.2, -0.15) is 0 Å². The Morgan fingerprint density at radius 2 is 1.54 bits per heavy atom. The van der Waals surface area contributed by atoms with Crippen LogP contribution in [0.5, 0.6) is 5.75 Å². The molecule has 2 unspecified atom stereocenters. The molecule has 0 saturated carbocycles. The largest absolute Gasteiger partial charge is 0.491 e. The van der Waals surface area contributed by atoms with Crippen LogP contribution in [0.1, 0.15) is 43.0 Å². The maximum Gasteiger partial charge on any atom is 0.210 e. The van der Waals surface area contributed by atoms with E-state index in [9.17, 15) is 4.79 Å². The Kier molecular flexibility index (Phi) is 8.43. The molecule has 0 bridgehead atoms. The number of anilines is 1. The van der Waals surface area contributed by atoms with Gasteiger partial charge in [0.2, 0.25) is 6.41 Å². The topological polar surface area (TPSA) is 41.8 Å². The molecule has 0 spiro atoms. The van der Waals surface area contributed by atoms with Crippen LogP contribution < -0.4 is 9.64 Å². The van der Waals surface area contributed by atoms with Crippen LogP contribution in [-0.4, -0.2) is 37.7 Å². The summed E-state index contributed by atoms with van der Waals surface area (Å²) in [5, 5.41) is 0. The predicted molar refractivity (Wildman–Crippen MR) is 140 cm³/mol. The number of amides is 1. The highest BCUT2D eigenvalue weighted by atomic mass is 16.5. The summed E-state index contributed by atoms with van der Waals surface area (Å²) in [6.07, 6.45) is 1.79. The van der Waals surface area contributed by atoms with Crippen LogP contribution in [0, 0.1) is 5.92 Å². The Labute approximate surface area is 209 Å². The van der Waals surface area contributed by atoms with E-state index in [2.05, 4.69) is 85.5 Å². The van der Waals surface area contributed by atoms with Gasteiger partial charge in [0, 0.05) is 33.2 Å². The fraction of sp³-hybridized carbons (Fsp3) is 0.367. The zero-order chi connectivity index (χ0) is 24.6. The lowest BCUT2D eigenvalue weighted by Gasteiger charge is -2.28. The summed E-state index contributed by atoms with van der Waals surface area (Å²) in [6, 6.07) is 27.8. The van der Waals surface area contributed by atoms with Gasteiger partial charge in [-0.05, 0) is 34.7 Å². The molecule has 2 atom stereocenters. The number of rotatable bonds is 13. The van der Waals surface area contributed by atoms with Crippen molar-refractivity contribution in [3.8, 4) is 5.75 Å². The van der Waals surface area contributed by atoms with Crippen molar-refractivity contribution in [2.75, 3.05) is 25.2 Å². The van der Waals surface area contributed by atoms with Gasteiger partial charge in [-0.1, -0.05) is 80.6 Å². The minimum absolute atomic E-state index is 0.111. The van der Waals surface area contributed by atoms with Crippen LogP contribution >= 0.6 is 0 Å². The number of carbonyl (C=O) groups is 1. The van der Waals surface area contributed by atoms with Gasteiger partial charge in [0.25, 0.3) is 0 Å². The number of nitrogens with zero attached hydrogens (tertiary/aromatic N) is 2. The van der Waals surface area contributed by atoms with Crippen molar-refractivity contribution in [1.82, 2.24) is 4.90 Å². The van der Waals surface area contributed by atoms with Gasteiger partial charge in [0.1, 0.15) is 5.75 Å². The monoisotopic (exact) mass is 472 g/mol. The standard InChI is InChI=1S/C30H36N2O3/c1-23(2)29-30(32(29)22-33)26-15-16-27(28(19-26)35-18-10-17-34-3)31(20-24-11-6-4-7-12-24)21-25-13-8-5-9-14-25/h4-9,11-16,19,22-23,29-30H,10,17-18,20-21H2,1-3H3. The van der Waals surface area contributed by atoms with Crippen molar-refractivity contribution in [1.29, 1.82) is 0 Å². The zero-order valence-corrected chi connectivity index (χ0v) is 21.0. The Hall–Kier alpha value is -3.31. The molecule has 3 aromatic carbocycles. The molecule has 1 saturated heterocycles. The van der Waals surface area contributed by atoms with Gasteiger partial charge in [-0.3, -0.25) is 4.79 Å². The van der Waals surface area contributed by atoms with Crippen molar-refractivity contribution in [3.63, 3.8) is 0 Å². The summed E-state index contributed by atoms with van der Waals surface area (Å²) in [5.74, 6) is 1.26. The van der Waals surface area contributed by atoms with Crippen LogP contribution in [-0.2, 0) is 22.6 Å². The molecule has 0 aliphatic carbocycles. The summed E-state index contributed by atoms with van der Waals surface area (Å²) in [5.41, 5.74) is 4.66. The molecule has 1 heterocycles. The quantitative estimate of drug-likeness (QED) is 0.178. The molecule has 35 heavy (non-hydrogen) atoms. The van der Waals surface area contributed by atoms with E-state index in [1.165, 1.54) is 11.1 Å². The number of methoxy groups -OCH3 is 1. The van der Waals surface area contributed by atoms with Crippen molar-refractivity contribution in [2.24, 2.45) is 5.92 Å². The molecule has 5 nitrogen and oxygen atoms in total. The summed E-state index contributed by atoms with van der Waals surface area (Å²) >= 11 is 0. The maximum atomic E-state index is 11.6. The number of carbonyl (C=O) groups excluding carboxylic acids is 1. The molecule has 5 heteroatoms. The number of hydrogen-bond acceptors (Lipinski definition) is 4. The highest BCUT2D eigenvalue weighted by molar-refractivity contribution is 5.63. The van der Waals surface area contributed by atoms with E-state index < -0.39 is 0 Å². The van der Waals surface area contributed by atoms with Gasteiger partial charge in [-0.15, -0.1) is 0 Å². The molecule has 3 aromatic rings. The smallest absolute Gasteiger partial charge is 0.210 e. The third-order valence-corrected chi connectivity index (χ3v) is 6.55. The number of ether oxygens (including phenoxy) is 2. The van der Waals surface area contributed by atoms with E-state index in [-0.39, 0.29) is 12.1 Å². The Morgan fingerprint density at radius 1 is 0.914 bits per heavy atom. The summed E-state index contributed by atoms with van der Waals surface area (Å²) in [7, 11) is 1.71. The maximum absolute atomic E-state index is 11.6. The summed E-state index contributed by atoms with van der Waals surface area (Å²) < 4.78 is 11.6. The first-order valence-corrected chi connectivity index (χ1v) is 12.4. The first-order valence-electron chi connectivity index (χ1n) is 12.4. The average Bonchev–Trinajstić information content (AvgIpc) is 3.63. The molecule has 0 N–H and O–H groups in total. The highest BCUT2D eigenvalue weighted by Gasteiger charge is 2.49. The fourth-order valence-electron chi connectivity index (χ4n) is 4.79. The first-order chi connectivity index (χ1) is 17.1. The van der Waals surface area contributed by atoms with Crippen LogP contribution in [0.4, 0.5) is 5.69 Å². The van der Waals surface area contributed by atoms with Gasteiger partial charge >= 0.3 is 0 Å². The molecular formula is C30H36N2O3. The van der Waals surface area contributed by atoms with Crippen LogP contribution in [0.3, 0.4) is 0 Å². The van der Waals surface area contributed by atoms with Crippen molar-refractivity contribution >= 4 is 12.1 Å². The minimum atomic E-state index is 0.111. The normalized spacial score (nSPS) is 16.9. The van der Waals surface area contributed by atoms with Crippen LogP contribution in [0.15, 0.2) is 78.9 Å². The molecule has 1 aliphatic heterocycles. The molecule has 0 aromatic heterocycles. The lowest BCUT2D eigenvalue weighted by Crippen LogP contribution is -2.23. The lowest BCUT2D eigenvalue weighted by molar-refractivity contribution is -0.114. The minimum Gasteiger partial charge on any atom is -0.491 e. The van der Waals surface area contributed by atoms with Crippen molar-refractivity contribution in [3.05, 3.63) is 95.6 Å². The van der Waals surface area contributed by atoms with Gasteiger partial charge in [0.05, 0.1) is 24.4 Å². The molecule has 1 fully saturated rings. The van der Waals surface area contributed by atoms with E-state index in [1.54, 1.807) is 7.11 Å². The van der Waals surface area contributed by atoms with Crippen molar-refractivity contribution < 1.29 is 14.3 Å². The van der Waals surface area contributed by atoms with Gasteiger partial charge in [-0.25, -0.2) is 0 Å². The van der Waals surface area contributed by atoms with Gasteiger partial charge < -0.3 is 19.3 Å². The van der Waals surface area contributed by atoms with E-state index in [4.69, 9.17) is 9.47 Å². The molecular weight excluding hydrogens is 436 g/mol. The van der Waals surface area contributed by atoms with Crippen LogP contribution in [0.25, 0.3) is 0 Å². The Bertz CT molecular complexity index is 1030. The zero-order valence-electron chi connectivity index (χ0n) is 21.0. The third kappa shape index (κ3) is 6.23. The van der Waals surface area contributed by atoms with E-state index in [0.717, 1.165) is 42.9 Å². The molecule has 0 radical (unpaired) electrons. The number of hydrogen-bond donors (Lipinski definition) is 0. The third-order valence-electron chi connectivity index (χ3n) is 6.55. The van der Waals surface area contributed by atoms with E-state index >= 15 is 0 Å². The summed E-state index contributed by atoms with van der Waals surface area (Å²) in [4.78, 5) is 15.9. The van der Waals surface area contributed by atoms with E-state index in [0.29, 0.717) is 19.1 Å². The highest BCUT2D eigenvalue weighted by Crippen LogP contribution is 2.47. The summed E-state index contributed by atoms with van der Waals surface area (Å²) in [6.45, 7) is 7.09. The lowest BCUT2D eigenvalue weighted by atomic mass is 10.0. The Balaban J connectivity index is 1.67. The van der Waals surface area contributed by atoms with E-state index in [1.807, 2.05) is 17.0 Å². The fourth-order valence-corrected chi connectivity index (χ4v) is 4.79. The van der Waals surface area contributed by atoms with Gasteiger partial charge in [0.15, 0.2) is 0 Å². The van der Waals surface area contributed by atoms with Crippen molar-refractivity contribution in [2.45, 2.75) is 45.4 Å². The SMILES string of the molecule is COCCCOc1cc(C2C(C(C)C)N2C=O)ccc1N(Cc1ccccc1)Cc1ccccc1. The second kappa shape index (κ2) is 11.9. The second-order valence-corrected chi connectivity index (χ2v) is 9.48. The predicted octanol–water partition coefficient (Wildman–Crippen LogP) is 5.85. The second-order valence-electron chi connectivity index (χ2n) is 9.48. The Morgan fingerprint density at radius 3 is 2.06 bits per heavy atom. The van der Waals surface area contributed by atoms with Crippen LogP contribution in [0.2, 0.25) is 0 Å². The average molecular weight is 473 g/mol. The molecule has 1 amide bonds. The number of benzene rings is 3. The molecule has 184 valence electrons. The molecule has 1 aliphatic rings.